The molecule has 2 fully saturated rings. The Kier molecular flexibility index (Phi) is 7.57. The fraction of sp³-hybridized carbons (Fsp3) is 0.419. The topological polar surface area (TPSA) is 134 Å². The van der Waals surface area contributed by atoms with E-state index < -0.39 is 41.4 Å². The third kappa shape index (κ3) is 5.68. The van der Waals surface area contributed by atoms with Crippen molar-refractivity contribution in [2.24, 2.45) is 5.92 Å². The Morgan fingerprint density at radius 1 is 1.17 bits per heavy atom. The van der Waals surface area contributed by atoms with E-state index in [0.717, 1.165) is 25.7 Å². The summed E-state index contributed by atoms with van der Waals surface area (Å²) in [6.45, 7) is 0.0698. The number of nitrogens with zero attached hydrogens (tertiary/aromatic N) is 2. The molecular formula is C31H33FN4O6. The van der Waals surface area contributed by atoms with Crippen molar-refractivity contribution in [3.8, 4) is 6.08 Å². The number of aliphatic carboxylic acids is 1. The summed E-state index contributed by atoms with van der Waals surface area (Å²) in [6, 6.07) is 11.4. The fourth-order valence-electron chi connectivity index (χ4n) is 5.97. The molecule has 3 N–H and O–H groups in total. The Morgan fingerprint density at radius 2 is 2.02 bits per heavy atom. The molecule has 1 aliphatic carbocycles. The van der Waals surface area contributed by atoms with Crippen molar-refractivity contribution in [3.05, 3.63) is 66.5 Å². The molecule has 10 nitrogen and oxygen atoms in total. The van der Waals surface area contributed by atoms with Crippen LogP contribution in [0.25, 0.3) is 11.1 Å². The van der Waals surface area contributed by atoms with Gasteiger partial charge in [-0.3, -0.25) is 9.59 Å². The first-order valence-corrected chi connectivity index (χ1v) is 14.4. The predicted molar refractivity (Wildman–Crippen MR) is 151 cm³/mol. The summed E-state index contributed by atoms with van der Waals surface area (Å²) in [7, 11) is 0. The highest BCUT2D eigenvalue weighted by molar-refractivity contribution is 5.96. The minimum Gasteiger partial charge on any atom is -0.479 e. The Balaban J connectivity index is 1.29. The van der Waals surface area contributed by atoms with Gasteiger partial charge in [-0.25, -0.2) is 9.18 Å². The maximum absolute atomic E-state index is 14.1. The molecule has 2 aliphatic heterocycles. The molecule has 0 unspecified atom stereocenters. The zero-order valence-electron chi connectivity index (χ0n) is 23.0. The number of nitrogens with one attached hydrogen (secondary N) is 2. The molecular weight excluding hydrogens is 543 g/mol. The van der Waals surface area contributed by atoms with Crippen LogP contribution in [-0.2, 0) is 14.4 Å². The van der Waals surface area contributed by atoms with Crippen molar-refractivity contribution in [1.82, 2.24) is 15.2 Å². The van der Waals surface area contributed by atoms with Gasteiger partial charge in [0.25, 0.3) is 0 Å². The highest BCUT2D eigenvalue weighted by Gasteiger charge is 2.61. The quantitative estimate of drug-likeness (QED) is 0.384. The molecule has 0 bridgehead atoms. The van der Waals surface area contributed by atoms with E-state index in [1.165, 1.54) is 17.0 Å². The van der Waals surface area contributed by atoms with E-state index in [9.17, 15) is 23.9 Å². The first-order valence-electron chi connectivity index (χ1n) is 14.4. The van der Waals surface area contributed by atoms with Crippen LogP contribution in [0.15, 0.2) is 65.1 Å². The number of benzene rings is 2. The molecule has 1 saturated carbocycles. The van der Waals surface area contributed by atoms with Crippen LogP contribution in [0.1, 0.15) is 44.9 Å². The Labute approximate surface area is 241 Å². The van der Waals surface area contributed by atoms with Crippen LogP contribution >= 0.6 is 0 Å². The SMILES string of the molecule is O=C1N[C@]2(C(=O)O)C[C@H]2C=CCCCCC[C@H](Nc2cccc(F)c2)C(=O)N2C[C@H](Oc3nc4ccccc4o3)C[C@@H]12. The van der Waals surface area contributed by atoms with Gasteiger partial charge >= 0.3 is 12.0 Å². The number of carboxylic acid groups (broad SMARTS) is 1. The van der Waals surface area contributed by atoms with E-state index in [1.807, 2.05) is 24.3 Å². The van der Waals surface area contributed by atoms with E-state index in [1.54, 1.807) is 24.3 Å². The minimum absolute atomic E-state index is 0.0284. The molecule has 3 heterocycles. The Morgan fingerprint density at radius 3 is 2.83 bits per heavy atom. The van der Waals surface area contributed by atoms with Crippen molar-refractivity contribution in [1.29, 1.82) is 0 Å². The summed E-state index contributed by atoms with van der Waals surface area (Å²) in [5.41, 5.74) is 0.217. The lowest BCUT2D eigenvalue weighted by molar-refractivity contribution is -0.145. The number of carboxylic acids is 1. The predicted octanol–water partition coefficient (Wildman–Crippen LogP) is 4.28. The average molecular weight is 577 g/mol. The van der Waals surface area contributed by atoms with Crippen LogP contribution in [0.5, 0.6) is 6.08 Å². The number of fused-ring (bicyclic) bond motifs is 3. The average Bonchev–Trinajstić information content (AvgIpc) is 3.28. The summed E-state index contributed by atoms with van der Waals surface area (Å²) >= 11 is 0. The van der Waals surface area contributed by atoms with Crippen molar-refractivity contribution in [2.75, 3.05) is 11.9 Å². The molecule has 11 heteroatoms. The van der Waals surface area contributed by atoms with Crippen molar-refractivity contribution in [3.63, 3.8) is 0 Å². The molecule has 0 spiro atoms. The largest absolute Gasteiger partial charge is 0.479 e. The molecule has 6 rings (SSSR count). The first-order chi connectivity index (χ1) is 20.3. The lowest BCUT2D eigenvalue weighted by Crippen LogP contribution is -2.55. The number of carbonyl (C=O) groups is 3. The van der Waals surface area contributed by atoms with Gasteiger partial charge in [-0.15, -0.1) is 0 Å². The molecule has 42 heavy (non-hydrogen) atoms. The van der Waals surface area contributed by atoms with Gasteiger partial charge in [0.1, 0.15) is 35.1 Å². The number of aromatic nitrogens is 1. The Hall–Kier alpha value is -4.41. The molecule has 220 valence electrons. The van der Waals surface area contributed by atoms with Gasteiger partial charge in [0.05, 0.1) is 6.54 Å². The number of ether oxygens (including phenoxy) is 1. The monoisotopic (exact) mass is 576 g/mol. The van der Waals surface area contributed by atoms with Gasteiger partial charge in [0.15, 0.2) is 5.58 Å². The normalized spacial score (nSPS) is 28.3. The smallest absolute Gasteiger partial charge is 0.394 e. The highest BCUT2D eigenvalue weighted by atomic mass is 19.1. The van der Waals surface area contributed by atoms with E-state index in [-0.39, 0.29) is 37.3 Å². The summed E-state index contributed by atoms with van der Waals surface area (Å²) in [5.74, 6) is -2.74. The molecule has 1 saturated heterocycles. The van der Waals surface area contributed by atoms with Crippen molar-refractivity contribution >= 4 is 34.6 Å². The van der Waals surface area contributed by atoms with Gasteiger partial charge in [-0.1, -0.05) is 43.2 Å². The number of hydrogen-bond acceptors (Lipinski definition) is 7. The number of halogens is 1. The zero-order chi connectivity index (χ0) is 29.3. The van der Waals surface area contributed by atoms with Crippen LogP contribution in [0.2, 0.25) is 0 Å². The van der Waals surface area contributed by atoms with Crippen LogP contribution < -0.4 is 15.4 Å². The van der Waals surface area contributed by atoms with Gasteiger partial charge in [-0.05, 0) is 56.0 Å². The lowest BCUT2D eigenvalue weighted by Gasteiger charge is -2.30. The summed E-state index contributed by atoms with van der Waals surface area (Å²) in [4.78, 5) is 45.9. The summed E-state index contributed by atoms with van der Waals surface area (Å²) < 4.78 is 25.7. The van der Waals surface area contributed by atoms with Crippen LogP contribution in [0.3, 0.4) is 0 Å². The number of para-hydroxylation sites is 2. The first kappa shape index (κ1) is 27.7. The van der Waals surface area contributed by atoms with E-state index in [2.05, 4.69) is 15.6 Å². The van der Waals surface area contributed by atoms with Gasteiger partial charge in [0, 0.05) is 18.0 Å². The molecule has 2 amide bonds. The van der Waals surface area contributed by atoms with Crippen LogP contribution in [0, 0.1) is 11.7 Å². The molecule has 1 aromatic heterocycles. The zero-order valence-corrected chi connectivity index (χ0v) is 23.0. The number of amides is 2. The molecule has 3 aliphatic rings. The highest BCUT2D eigenvalue weighted by Crippen LogP contribution is 2.45. The molecule has 2 aromatic carbocycles. The second-order valence-corrected chi connectivity index (χ2v) is 11.3. The fourth-order valence-corrected chi connectivity index (χ4v) is 5.97. The molecule has 0 radical (unpaired) electrons. The molecule has 5 atom stereocenters. The van der Waals surface area contributed by atoms with Crippen molar-refractivity contribution in [2.45, 2.75) is 68.7 Å². The third-order valence-electron chi connectivity index (χ3n) is 8.33. The standard InChI is InChI=1S/C31H33FN4O6/c32-20-10-8-11-21(15-20)33-24-13-5-3-1-2-4-9-19-17-31(19,29(39)40)35-27(37)25-16-22(18-36(25)28(24)38)41-30-34-23-12-6-7-14-26(23)42-30/h4,6-12,14-15,19,22,24-25,33H,1-3,5,13,16-18H2,(H,35,37)(H,39,40)/t19-,22-,24+,25+,31-/m1/s1. The van der Waals surface area contributed by atoms with E-state index in [4.69, 9.17) is 9.15 Å². The van der Waals surface area contributed by atoms with Gasteiger partial charge in [-0.2, -0.15) is 4.98 Å². The second kappa shape index (κ2) is 11.5. The number of oxazole rings is 1. The lowest BCUT2D eigenvalue weighted by atomic mass is 10.0. The minimum atomic E-state index is -1.40. The van der Waals surface area contributed by atoms with Crippen LogP contribution in [-0.4, -0.2) is 63.0 Å². The van der Waals surface area contributed by atoms with Crippen molar-refractivity contribution < 1.29 is 33.0 Å². The van der Waals surface area contributed by atoms with Crippen LogP contribution in [0.4, 0.5) is 10.1 Å². The van der Waals surface area contributed by atoms with E-state index >= 15 is 0 Å². The van der Waals surface area contributed by atoms with E-state index in [0.29, 0.717) is 23.2 Å². The number of anilines is 1. The maximum atomic E-state index is 14.1. The second-order valence-electron chi connectivity index (χ2n) is 11.3. The van der Waals surface area contributed by atoms with Gasteiger partial charge in [0.2, 0.25) is 11.8 Å². The van der Waals surface area contributed by atoms with Gasteiger partial charge < -0.3 is 29.8 Å². The summed E-state index contributed by atoms with van der Waals surface area (Å²) in [6.07, 6.45) is 7.39. The summed E-state index contributed by atoms with van der Waals surface area (Å²) in [5, 5.41) is 16.0. The Bertz CT molecular complexity index is 1490. The molecule has 3 aromatic rings. The number of allylic oxidation sites excluding steroid dienone is 1. The number of carbonyl (C=O) groups excluding carboxylic acids is 2. The maximum Gasteiger partial charge on any atom is 0.394 e. The number of hydrogen-bond donors (Lipinski definition) is 3. The number of rotatable bonds is 5. The third-order valence-corrected chi connectivity index (χ3v) is 8.33.